The smallest absolute Gasteiger partial charge is 0.209 e. The molecule has 128 valence electrons. The SMILES string of the molecule is COc1ccc(-c2cnc(CN3CCc4cnc(C)nc4C3)o2)cc1. The van der Waals surface area contributed by atoms with Crippen molar-refractivity contribution in [1.29, 1.82) is 0 Å². The quantitative estimate of drug-likeness (QED) is 0.730. The Kier molecular flexibility index (Phi) is 4.19. The van der Waals surface area contributed by atoms with Gasteiger partial charge in [-0.25, -0.2) is 15.0 Å². The number of aryl methyl sites for hydroxylation is 1. The molecule has 6 nitrogen and oxygen atoms in total. The Labute approximate surface area is 146 Å². The van der Waals surface area contributed by atoms with Crippen molar-refractivity contribution in [2.75, 3.05) is 13.7 Å². The molecule has 0 radical (unpaired) electrons. The first kappa shape index (κ1) is 15.8. The fourth-order valence-corrected chi connectivity index (χ4v) is 3.06. The van der Waals surface area contributed by atoms with Gasteiger partial charge in [-0.3, -0.25) is 4.90 Å². The second kappa shape index (κ2) is 6.64. The third-order valence-electron chi connectivity index (χ3n) is 4.43. The summed E-state index contributed by atoms with van der Waals surface area (Å²) in [5, 5.41) is 0. The zero-order valence-electron chi connectivity index (χ0n) is 14.4. The molecule has 0 saturated carbocycles. The van der Waals surface area contributed by atoms with Crippen molar-refractivity contribution in [2.45, 2.75) is 26.4 Å². The van der Waals surface area contributed by atoms with E-state index in [-0.39, 0.29) is 0 Å². The third kappa shape index (κ3) is 3.39. The lowest BCUT2D eigenvalue weighted by atomic mass is 10.1. The van der Waals surface area contributed by atoms with Gasteiger partial charge in [-0.2, -0.15) is 0 Å². The van der Waals surface area contributed by atoms with Crippen LogP contribution < -0.4 is 4.74 Å². The number of ether oxygens (including phenoxy) is 1. The maximum atomic E-state index is 5.93. The summed E-state index contributed by atoms with van der Waals surface area (Å²) in [4.78, 5) is 15.6. The lowest BCUT2D eigenvalue weighted by Gasteiger charge is -2.26. The van der Waals surface area contributed by atoms with Crippen LogP contribution in [0.2, 0.25) is 0 Å². The van der Waals surface area contributed by atoms with Gasteiger partial charge < -0.3 is 9.15 Å². The van der Waals surface area contributed by atoms with E-state index < -0.39 is 0 Å². The summed E-state index contributed by atoms with van der Waals surface area (Å²) < 4.78 is 11.1. The summed E-state index contributed by atoms with van der Waals surface area (Å²) in [5.41, 5.74) is 3.35. The van der Waals surface area contributed by atoms with Crippen LogP contribution in [0, 0.1) is 6.92 Å². The van der Waals surface area contributed by atoms with Gasteiger partial charge in [0, 0.05) is 24.8 Å². The Hall–Kier alpha value is -2.73. The van der Waals surface area contributed by atoms with Gasteiger partial charge in [0.15, 0.2) is 5.76 Å². The van der Waals surface area contributed by atoms with Gasteiger partial charge in [-0.1, -0.05) is 0 Å². The van der Waals surface area contributed by atoms with E-state index in [0.29, 0.717) is 6.54 Å². The fraction of sp³-hybridized carbons (Fsp3) is 0.316. The molecule has 25 heavy (non-hydrogen) atoms. The van der Waals surface area contributed by atoms with Crippen LogP contribution in [0.5, 0.6) is 5.75 Å². The van der Waals surface area contributed by atoms with Crippen LogP contribution in [0.3, 0.4) is 0 Å². The highest BCUT2D eigenvalue weighted by Crippen LogP contribution is 2.24. The number of fused-ring (bicyclic) bond motifs is 1. The van der Waals surface area contributed by atoms with Crippen molar-refractivity contribution < 1.29 is 9.15 Å². The Balaban J connectivity index is 1.46. The first-order valence-electron chi connectivity index (χ1n) is 8.34. The second-order valence-electron chi connectivity index (χ2n) is 6.20. The van der Waals surface area contributed by atoms with E-state index >= 15 is 0 Å². The maximum absolute atomic E-state index is 5.93. The number of oxazole rings is 1. The molecule has 1 aromatic carbocycles. The molecule has 3 aromatic rings. The van der Waals surface area contributed by atoms with Gasteiger partial charge in [-0.05, 0) is 43.2 Å². The molecule has 0 N–H and O–H groups in total. The summed E-state index contributed by atoms with van der Waals surface area (Å²) in [6, 6.07) is 7.78. The molecule has 0 aliphatic carbocycles. The van der Waals surface area contributed by atoms with E-state index in [0.717, 1.165) is 54.0 Å². The van der Waals surface area contributed by atoms with Crippen molar-refractivity contribution in [1.82, 2.24) is 19.9 Å². The summed E-state index contributed by atoms with van der Waals surface area (Å²) in [7, 11) is 1.66. The highest BCUT2D eigenvalue weighted by atomic mass is 16.5. The molecule has 6 heteroatoms. The van der Waals surface area contributed by atoms with E-state index in [2.05, 4.69) is 19.9 Å². The highest BCUT2D eigenvalue weighted by molar-refractivity contribution is 5.57. The largest absolute Gasteiger partial charge is 0.497 e. The number of rotatable bonds is 4. The zero-order chi connectivity index (χ0) is 17.2. The predicted octanol–water partition coefficient (Wildman–Crippen LogP) is 3.01. The highest BCUT2D eigenvalue weighted by Gasteiger charge is 2.20. The normalized spacial score (nSPS) is 14.3. The number of aromatic nitrogens is 3. The molecule has 0 unspecified atom stereocenters. The molecule has 0 fully saturated rings. The Morgan fingerprint density at radius 1 is 1.16 bits per heavy atom. The van der Waals surface area contributed by atoms with Gasteiger partial charge in [-0.15, -0.1) is 0 Å². The predicted molar refractivity (Wildman–Crippen MR) is 93.1 cm³/mol. The van der Waals surface area contributed by atoms with Crippen LogP contribution in [0.25, 0.3) is 11.3 Å². The van der Waals surface area contributed by atoms with Gasteiger partial charge in [0.25, 0.3) is 0 Å². The van der Waals surface area contributed by atoms with Gasteiger partial charge in [0.2, 0.25) is 5.89 Å². The Morgan fingerprint density at radius 2 is 2.00 bits per heavy atom. The third-order valence-corrected chi connectivity index (χ3v) is 4.43. The monoisotopic (exact) mass is 336 g/mol. The van der Waals surface area contributed by atoms with E-state index in [1.807, 2.05) is 37.4 Å². The minimum Gasteiger partial charge on any atom is -0.497 e. The number of benzene rings is 1. The molecule has 3 heterocycles. The molecule has 0 bridgehead atoms. The van der Waals surface area contributed by atoms with Crippen molar-refractivity contribution in [2.24, 2.45) is 0 Å². The molecular weight excluding hydrogens is 316 g/mol. The van der Waals surface area contributed by atoms with Crippen LogP contribution in [0.1, 0.15) is 23.0 Å². The lowest BCUT2D eigenvalue weighted by molar-refractivity contribution is 0.218. The van der Waals surface area contributed by atoms with E-state index in [9.17, 15) is 0 Å². The zero-order valence-corrected chi connectivity index (χ0v) is 14.4. The molecule has 1 aliphatic rings. The summed E-state index contributed by atoms with van der Waals surface area (Å²) in [6.45, 7) is 4.37. The molecule has 0 saturated heterocycles. The minimum atomic E-state index is 0.679. The molecule has 0 amide bonds. The number of hydrogen-bond acceptors (Lipinski definition) is 6. The topological polar surface area (TPSA) is 64.3 Å². The molecule has 0 atom stereocenters. The lowest BCUT2D eigenvalue weighted by Crippen LogP contribution is -2.31. The van der Waals surface area contributed by atoms with Gasteiger partial charge in [0.1, 0.15) is 11.6 Å². The van der Waals surface area contributed by atoms with E-state index in [4.69, 9.17) is 9.15 Å². The van der Waals surface area contributed by atoms with Gasteiger partial charge in [0.05, 0.1) is 25.5 Å². The van der Waals surface area contributed by atoms with Crippen molar-refractivity contribution in [3.05, 3.63) is 59.6 Å². The van der Waals surface area contributed by atoms with Crippen LogP contribution in [0.15, 0.2) is 41.1 Å². The summed E-state index contributed by atoms with van der Waals surface area (Å²) in [5.74, 6) is 3.14. The minimum absolute atomic E-state index is 0.679. The average molecular weight is 336 g/mol. The van der Waals surface area contributed by atoms with E-state index in [1.165, 1.54) is 5.56 Å². The standard InChI is InChI=1S/C19H20N4O2/c1-13-20-9-15-7-8-23(11-17(15)22-13)12-19-21-10-18(25-19)14-3-5-16(24-2)6-4-14/h3-6,9-10H,7-8,11-12H2,1-2H3. The first-order valence-corrected chi connectivity index (χ1v) is 8.34. The number of methoxy groups -OCH3 is 1. The van der Waals surface area contributed by atoms with Crippen LogP contribution >= 0.6 is 0 Å². The number of nitrogens with zero attached hydrogens (tertiary/aromatic N) is 4. The molecule has 0 spiro atoms. The Bertz CT molecular complexity index is 873. The second-order valence-corrected chi connectivity index (χ2v) is 6.20. The average Bonchev–Trinajstić information content (AvgIpc) is 3.10. The summed E-state index contributed by atoms with van der Waals surface area (Å²) in [6.07, 6.45) is 4.69. The van der Waals surface area contributed by atoms with Crippen molar-refractivity contribution in [3.63, 3.8) is 0 Å². The fourth-order valence-electron chi connectivity index (χ4n) is 3.06. The van der Waals surface area contributed by atoms with Crippen molar-refractivity contribution in [3.8, 4) is 17.1 Å². The maximum Gasteiger partial charge on any atom is 0.209 e. The number of hydrogen-bond donors (Lipinski definition) is 0. The van der Waals surface area contributed by atoms with Gasteiger partial charge >= 0.3 is 0 Å². The molecule has 2 aromatic heterocycles. The van der Waals surface area contributed by atoms with Crippen LogP contribution in [-0.2, 0) is 19.5 Å². The van der Waals surface area contributed by atoms with Crippen LogP contribution in [-0.4, -0.2) is 33.5 Å². The van der Waals surface area contributed by atoms with E-state index in [1.54, 1.807) is 13.3 Å². The molecule has 4 rings (SSSR count). The van der Waals surface area contributed by atoms with Crippen molar-refractivity contribution >= 4 is 0 Å². The molecule has 1 aliphatic heterocycles. The molecular formula is C19H20N4O2. The summed E-state index contributed by atoms with van der Waals surface area (Å²) >= 11 is 0. The van der Waals surface area contributed by atoms with Crippen LogP contribution in [0.4, 0.5) is 0 Å². The first-order chi connectivity index (χ1) is 12.2. The Morgan fingerprint density at radius 3 is 2.80 bits per heavy atom.